The molecule has 0 heterocycles. The van der Waals surface area contributed by atoms with Crippen LogP contribution >= 0.6 is 0 Å². The second kappa shape index (κ2) is 2.73. The van der Waals surface area contributed by atoms with Gasteiger partial charge in [-0.25, -0.2) is 0 Å². The van der Waals surface area contributed by atoms with Crippen molar-refractivity contribution in [1.29, 1.82) is 0 Å². The lowest BCUT2D eigenvalue weighted by atomic mass is 9.80. The highest BCUT2D eigenvalue weighted by atomic mass is 14.3. The van der Waals surface area contributed by atoms with Crippen molar-refractivity contribution in [1.82, 2.24) is 0 Å². The van der Waals surface area contributed by atoms with Crippen LogP contribution < -0.4 is 0 Å². The van der Waals surface area contributed by atoms with Gasteiger partial charge >= 0.3 is 0 Å². The maximum atomic E-state index is 2.27. The van der Waals surface area contributed by atoms with Crippen LogP contribution in [0.25, 0.3) is 0 Å². The SMILES string of the molecule is CC(C)(C)C1=CC=C2CC=CC=C21. The molecule has 0 nitrogen and oxygen atoms in total. The molecule has 0 saturated carbocycles. The van der Waals surface area contributed by atoms with Crippen molar-refractivity contribution in [3.63, 3.8) is 0 Å². The number of fused-ring (bicyclic) bond motifs is 1. The van der Waals surface area contributed by atoms with Crippen molar-refractivity contribution < 1.29 is 0 Å². The standard InChI is InChI=1S/C13H16/c1-13(2,3)12-9-8-10-6-4-5-7-11(10)12/h4-5,7-9H,6H2,1-3H3. The molecule has 0 saturated heterocycles. The molecule has 2 rings (SSSR count). The Morgan fingerprint density at radius 3 is 2.54 bits per heavy atom. The van der Waals surface area contributed by atoms with Gasteiger partial charge in [0.05, 0.1) is 0 Å². The summed E-state index contributed by atoms with van der Waals surface area (Å²) in [5.41, 5.74) is 4.68. The summed E-state index contributed by atoms with van der Waals surface area (Å²) in [6.45, 7) is 6.82. The van der Waals surface area contributed by atoms with E-state index in [1.807, 2.05) is 0 Å². The molecule has 0 aliphatic heterocycles. The Morgan fingerprint density at radius 2 is 1.85 bits per heavy atom. The van der Waals surface area contributed by atoms with Crippen molar-refractivity contribution in [2.24, 2.45) is 5.41 Å². The largest absolute Gasteiger partial charge is 0.0801 e. The average Bonchev–Trinajstić information content (AvgIpc) is 2.45. The highest BCUT2D eigenvalue weighted by Gasteiger charge is 2.25. The number of rotatable bonds is 0. The number of hydrogen-bond donors (Lipinski definition) is 0. The highest BCUT2D eigenvalue weighted by molar-refractivity contribution is 5.60. The van der Waals surface area contributed by atoms with Crippen molar-refractivity contribution in [2.45, 2.75) is 27.2 Å². The molecule has 0 atom stereocenters. The smallest absolute Gasteiger partial charge is 0.00883 e. The zero-order valence-corrected chi connectivity index (χ0v) is 8.59. The normalized spacial score (nSPS) is 20.7. The monoisotopic (exact) mass is 172 g/mol. The lowest BCUT2D eigenvalue weighted by Gasteiger charge is -2.24. The van der Waals surface area contributed by atoms with Gasteiger partial charge in [0.1, 0.15) is 0 Å². The van der Waals surface area contributed by atoms with Crippen LogP contribution in [0, 0.1) is 5.41 Å². The van der Waals surface area contributed by atoms with Gasteiger partial charge in [0.15, 0.2) is 0 Å². The van der Waals surface area contributed by atoms with Crippen LogP contribution in [0.4, 0.5) is 0 Å². The molecule has 68 valence electrons. The minimum Gasteiger partial charge on any atom is -0.0801 e. The van der Waals surface area contributed by atoms with Gasteiger partial charge in [0.25, 0.3) is 0 Å². The molecular weight excluding hydrogens is 156 g/mol. The minimum atomic E-state index is 0.273. The minimum absolute atomic E-state index is 0.273. The van der Waals surface area contributed by atoms with Crippen LogP contribution in [0.5, 0.6) is 0 Å². The van der Waals surface area contributed by atoms with Crippen LogP contribution in [0.1, 0.15) is 27.2 Å². The molecular formula is C13H16. The Bertz CT molecular complexity index is 341. The summed E-state index contributed by atoms with van der Waals surface area (Å²) in [4.78, 5) is 0. The van der Waals surface area contributed by atoms with E-state index in [2.05, 4.69) is 51.2 Å². The summed E-state index contributed by atoms with van der Waals surface area (Å²) >= 11 is 0. The third-order valence-electron chi connectivity index (χ3n) is 2.63. The van der Waals surface area contributed by atoms with Gasteiger partial charge in [0.2, 0.25) is 0 Å². The summed E-state index contributed by atoms with van der Waals surface area (Å²) in [5, 5.41) is 0. The van der Waals surface area contributed by atoms with Crippen LogP contribution in [-0.4, -0.2) is 0 Å². The Hall–Kier alpha value is -1.04. The molecule has 2 aliphatic carbocycles. The predicted octanol–water partition coefficient (Wildman–Crippen LogP) is 3.79. The van der Waals surface area contributed by atoms with Gasteiger partial charge in [-0.2, -0.15) is 0 Å². The average molecular weight is 172 g/mol. The quantitative estimate of drug-likeness (QED) is 0.521. The second-order valence-electron chi connectivity index (χ2n) is 4.73. The Balaban J connectivity index is 2.38. The van der Waals surface area contributed by atoms with Gasteiger partial charge in [0, 0.05) is 0 Å². The first-order valence-electron chi connectivity index (χ1n) is 4.88. The van der Waals surface area contributed by atoms with Crippen molar-refractivity contribution in [3.8, 4) is 0 Å². The Labute approximate surface area is 80.3 Å². The molecule has 0 radical (unpaired) electrons. The van der Waals surface area contributed by atoms with Crippen LogP contribution in [0.3, 0.4) is 0 Å². The first-order valence-corrected chi connectivity index (χ1v) is 4.88. The molecule has 0 aromatic heterocycles. The molecule has 0 spiro atoms. The maximum absolute atomic E-state index is 2.27. The van der Waals surface area contributed by atoms with Gasteiger partial charge in [-0.05, 0) is 28.6 Å². The van der Waals surface area contributed by atoms with E-state index >= 15 is 0 Å². The fourth-order valence-corrected chi connectivity index (χ4v) is 1.92. The maximum Gasteiger partial charge on any atom is -0.00883 e. The Kier molecular flexibility index (Phi) is 1.80. The van der Waals surface area contributed by atoms with Gasteiger partial charge in [-0.15, -0.1) is 0 Å². The van der Waals surface area contributed by atoms with E-state index in [4.69, 9.17) is 0 Å². The van der Waals surface area contributed by atoms with Crippen molar-refractivity contribution >= 4 is 0 Å². The lowest BCUT2D eigenvalue weighted by molar-refractivity contribution is 0.513. The van der Waals surface area contributed by atoms with Crippen LogP contribution in [-0.2, 0) is 0 Å². The summed E-state index contributed by atoms with van der Waals surface area (Å²) in [7, 11) is 0. The fraction of sp³-hybridized carbons (Fsp3) is 0.385. The van der Waals surface area contributed by atoms with Gasteiger partial charge in [-0.1, -0.05) is 51.2 Å². The van der Waals surface area contributed by atoms with E-state index in [-0.39, 0.29) is 5.41 Å². The van der Waals surface area contributed by atoms with E-state index in [1.165, 1.54) is 16.7 Å². The molecule has 0 bridgehead atoms. The summed E-state index contributed by atoms with van der Waals surface area (Å²) in [6.07, 6.45) is 12.2. The van der Waals surface area contributed by atoms with E-state index in [0.29, 0.717) is 0 Å². The van der Waals surface area contributed by atoms with Crippen LogP contribution in [0.15, 0.2) is 47.1 Å². The molecule has 0 aromatic rings. The van der Waals surface area contributed by atoms with Crippen molar-refractivity contribution in [3.05, 3.63) is 47.1 Å². The molecule has 0 unspecified atom stereocenters. The second-order valence-corrected chi connectivity index (χ2v) is 4.73. The molecule has 0 heteroatoms. The van der Waals surface area contributed by atoms with Gasteiger partial charge in [-0.3, -0.25) is 0 Å². The van der Waals surface area contributed by atoms with E-state index in [1.54, 1.807) is 0 Å². The van der Waals surface area contributed by atoms with Gasteiger partial charge < -0.3 is 0 Å². The van der Waals surface area contributed by atoms with Crippen LogP contribution in [0.2, 0.25) is 0 Å². The zero-order valence-electron chi connectivity index (χ0n) is 8.59. The first-order chi connectivity index (χ1) is 6.09. The third kappa shape index (κ3) is 1.41. The van der Waals surface area contributed by atoms with E-state index in [9.17, 15) is 0 Å². The predicted molar refractivity (Wildman–Crippen MR) is 57.5 cm³/mol. The first kappa shape index (κ1) is 8.55. The molecule has 0 amide bonds. The fourth-order valence-electron chi connectivity index (χ4n) is 1.92. The lowest BCUT2D eigenvalue weighted by Crippen LogP contribution is -2.10. The van der Waals surface area contributed by atoms with E-state index in [0.717, 1.165) is 6.42 Å². The Morgan fingerprint density at radius 1 is 1.08 bits per heavy atom. The third-order valence-corrected chi connectivity index (χ3v) is 2.63. The molecule has 0 fully saturated rings. The molecule has 0 aromatic carbocycles. The van der Waals surface area contributed by atoms with E-state index < -0.39 is 0 Å². The number of allylic oxidation sites excluding steroid dienone is 8. The summed E-state index contributed by atoms with van der Waals surface area (Å²) in [5.74, 6) is 0. The number of hydrogen-bond acceptors (Lipinski definition) is 0. The topological polar surface area (TPSA) is 0 Å². The molecule has 0 N–H and O–H groups in total. The molecule has 13 heavy (non-hydrogen) atoms. The highest BCUT2D eigenvalue weighted by Crippen LogP contribution is 2.40. The zero-order chi connectivity index (χ0) is 9.47. The summed E-state index contributed by atoms with van der Waals surface area (Å²) < 4.78 is 0. The van der Waals surface area contributed by atoms with Crippen molar-refractivity contribution in [2.75, 3.05) is 0 Å². The molecule has 2 aliphatic rings. The summed E-state index contributed by atoms with van der Waals surface area (Å²) in [6, 6.07) is 0.